The van der Waals surface area contributed by atoms with Gasteiger partial charge in [-0.25, -0.2) is 0 Å². The third kappa shape index (κ3) is 2.33. The van der Waals surface area contributed by atoms with Gasteiger partial charge < -0.3 is 5.32 Å². The minimum Gasteiger partial charge on any atom is -0.348 e. The zero-order chi connectivity index (χ0) is 11.7. The highest BCUT2D eigenvalue weighted by atomic mass is 16.2. The van der Waals surface area contributed by atoms with E-state index in [9.17, 15) is 4.79 Å². The fourth-order valence-electron chi connectivity index (χ4n) is 2.24. The average molecular weight is 234 g/mol. The van der Waals surface area contributed by atoms with Crippen molar-refractivity contribution in [1.29, 1.82) is 0 Å². The van der Waals surface area contributed by atoms with Crippen LogP contribution in [0.25, 0.3) is 0 Å². The van der Waals surface area contributed by atoms with Gasteiger partial charge in [0.2, 0.25) is 0 Å². The van der Waals surface area contributed by atoms with Crippen molar-refractivity contribution >= 4 is 5.91 Å². The summed E-state index contributed by atoms with van der Waals surface area (Å²) in [5.41, 5.74) is 0.455. The quantitative estimate of drug-likeness (QED) is 0.855. The van der Waals surface area contributed by atoms with Crippen molar-refractivity contribution in [2.24, 2.45) is 5.92 Å². The average Bonchev–Trinajstić information content (AvgIpc) is 2.66. The van der Waals surface area contributed by atoms with Crippen LogP contribution in [0, 0.1) is 5.92 Å². The molecule has 5 nitrogen and oxygen atoms in total. The van der Waals surface area contributed by atoms with E-state index in [-0.39, 0.29) is 5.91 Å². The molecule has 0 spiro atoms. The largest absolute Gasteiger partial charge is 0.348 e. The van der Waals surface area contributed by atoms with E-state index in [1.807, 2.05) is 0 Å². The van der Waals surface area contributed by atoms with E-state index >= 15 is 0 Å². The maximum atomic E-state index is 11.8. The van der Waals surface area contributed by atoms with E-state index in [0.29, 0.717) is 11.7 Å². The first-order valence-electron chi connectivity index (χ1n) is 6.52. The minimum absolute atomic E-state index is 0.0745. The van der Waals surface area contributed by atoms with Crippen LogP contribution in [0.3, 0.4) is 0 Å². The fraction of sp³-hybridized carbons (Fsp3) is 0.750. The van der Waals surface area contributed by atoms with Gasteiger partial charge in [-0.15, -0.1) is 5.10 Å². The van der Waals surface area contributed by atoms with Gasteiger partial charge in [-0.1, -0.05) is 11.6 Å². The Morgan fingerprint density at radius 2 is 2.12 bits per heavy atom. The molecule has 0 unspecified atom stereocenters. The molecule has 0 aliphatic heterocycles. The predicted octanol–water partition coefficient (Wildman–Crippen LogP) is 1.36. The van der Waals surface area contributed by atoms with E-state index in [0.717, 1.165) is 25.3 Å². The van der Waals surface area contributed by atoms with Gasteiger partial charge in [-0.05, 0) is 38.0 Å². The van der Waals surface area contributed by atoms with Gasteiger partial charge in [-0.3, -0.25) is 9.48 Å². The van der Waals surface area contributed by atoms with Crippen LogP contribution in [0.2, 0.25) is 0 Å². The zero-order valence-corrected chi connectivity index (χ0v) is 9.93. The molecule has 0 bridgehead atoms. The number of carbonyl (C=O) groups is 1. The van der Waals surface area contributed by atoms with Gasteiger partial charge >= 0.3 is 0 Å². The molecule has 2 aliphatic carbocycles. The molecule has 1 aromatic rings. The molecule has 2 saturated carbocycles. The topological polar surface area (TPSA) is 59.8 Å². The third-order valence-corrected chi connectivity index (χ3v) is 3.88. The normalized spacial score (nSPS) is 20.7. The molecule has 0 radical (unpaired) electrons. The molecule has 92 valence electrons. The Morgan fingerprint density at radius 1 is 1.35 bits per heavy atom. The summed E-state index contributed by atoms with van der Waals surface area (Å²) in [6, 6.07) is 0.360. The van der Waals surface area contributed by atoms with Crippen molar-refractivity contribution in [1.82, 2.24) is 20.3 Å². The summed E-state index contributed by atoms with van der Waals surface area (Å²) in [6.45, 7) is 0.906. The van der Waals surface area contributed by atoms with Gasteiger partial charge in [0.15, 0.2) is 5.69 Å². The number of hydrogen-bond acceptors (Lipinski definition) is 3. The van der Waals surface area contributed by atoms with Crippen LogP contribution < -0.4 is 5.32 Å². The van der Waals surface area contributed by atoms with Gasteiger partial charge in [-0.2, -0.15) is 0 Å². The molecule has 2 aliphatic rings. The number of amides is 1. The first-order valence-corrected chi connectivity index (χ1v) is 6.52. The molecule has 1 amide bonds. The Hall–Kier alpha value is -1.39. The summed E-state index contributed by atoms with van der Waals surface area (Å²) in [5, 5.41) is 10.9. The highest BCUT2D eigenvalue weighted by molar-refractivity contribution is 5.92. The number of nitrogens with one attached hydrogen (secondary N) is 1. The van der Waals surface area contributed by atoms with Gasteiger partial charge in [0.05, 0.1) is 6.20 Å². The second-order valence-corrected chi connectivity index (χ2v) is 5.22. The van der Waals surface area contributed by atoms with Crippen LogP contribution in [0.15, 0.2) is 6.20 Å². The molecule has 1 heterocycles. The molecule has 5 heteroatoms. The fourth-order valence-corrected chi connectivity index (χ4v) is 2.24. The first kappa shape index (κ1) is 10.7. The van der Waals surface area contributed by atoms with Crippen LogP contribution in [0.5, 0.6) is 0 Å². The van der Waals surface area contributed by atoms with Crippen LogP contribution >= 0.6 is 0 Å². The Balaban J connectivity index is 1.56. The summed E-state index contributed by atoms with van der Waals surface area (Å²) in [5.74, 6) is 0.661. The number of nitrogens with zero attached hydrogens (tertiary/aromatic N) is 3. The lowest BCUT2D eigenvalue weighted by Crippen LogP contribution is -2.39. The maximum Gasteiger partial charge on any atom is 0.273 e. The maximum absolute atomic E-state index is 11.8. The lowest BCUT2D eigenvalue weighted by molar-refractivity contribution is 0.0911. The molecule has 1 aromatic heterocycles. The SMILES string of the molecule is O=C(NC1CCC1)c1cn(CC2CCC2)nn1. The van der Waals surface area contributed by atoms with Gasteiger partial charge in [0.25, 0.3) is 5.91 Å². The molecule has 1 N–H and O–H groups in total. The summed E-state index contributed by atoms with van der Waals surface area (Å²) < 4.78 is 1.81. The Morgan fingerprint density at radius 3 is 2.71 bits per heavy atom. The molecular formula is C12H18N4O. The Labute approximate surface area is 101 Å². The number of carbonyl (C=O) groups excluding carboxylic acids is 1. The summed E-state index contributed by atoms with van der Waals surface area (Å²) in [7, 11) is 0. The zero-order valence-electron chi connectivity index (χ0n) is 9.93. The van der Waals surface area contributed by atoms with Crippen molar-refractivity contribution in [3.05, 3.63) is 11.9 Å². The molecule has 0 aromatic carbocycles. The van der Waals surface area contributed by atoms with Crippen LogP contribution in [-0.2, 0) is 6.54 Å². The van der Waals surface area contributed by atoms with E-state index in [1.54, 1.807) is 10.9 Å². The van der Waals surface area contributed by atoms with Crippen molar-refractivity contribution < 1.29 is 4.79 Å². The first-order chi connectivity index (χ1) is 8.31. The van der Waals surface area contributed by atoms with Crippen LogP contribution in [-0.4, -0.2) is 26.9 Å². The Kier molecular flexibility index (Phi) is 2.82. The van der Waals surface area contributed by atoms with Crippen LogP contribution in [0.1, 0.15) is 49.0 Å². The Bertz CT molecular complexity index is 406. The lowest BCUT2D eigenvalue weighted by atomic mass is 9.85. The molecule has 2 fully saturated rings. The third-order valence-electron chi connectivity index (χ3n) is 3.88. The molecule has 17 heavy (non-hydrogen) atoms. The van der Waals surface area contributed by atoms with Crippen molar-refractivity contribution in [2.75, 3.05) is 0 Å². The smallest absolute Gasteiger partial charge is 0.273 e. The monoisotopic (exact) mass is 234 g/mol. The molecular weight excluding hydrogens is 216 g/mol. The highest BCUT2D eigenvalue weighted by Crippen LogP contribution is 2.27. The predicted molar refractivity (Wildman–Crippen MR) is 62.5 cm³/mol. The van der Waals surface area contributed by atoms with Gasteiger partial charge in [0.1, 0.15) is 0 Å². The van der Waals surface area contributed by atoms with Crippen LogP contribution in [0.4, 0.5) is 0 Å². The van der Waals surface area contributed by atoms with Crippen molar-refractivity contribution in [3.8, 4) is 0 Å². The second kappa shape index (κ2) is 4.47. The van der Waals surface area contributed by atoms with E-state index < -0.39 is 0 Å². The number of hydrogen-bond donors (Lipinski definition) is 1. The molecule has 3 rings (SSSR count). The molecule has 0 saturated heterocycles. The standard InChI is InChI=1S/C12H18N4O/c17-12(13-10-5-2-6-10)11-8-16(15-14-11)7-9-3-1-4-9/h8-10H,1-7H2,(H,13,17). The van der Waals surface area contributed by atoms with E-state index in [2.05, 4.69) is 15.6 Å². The van der Waals surface area contributed by atoms with Crippen molar-refractivity contribution in [3.63, 3.8) is 0 Å². The van der Waals surface area contributed by atoms with E-state index in [4.69, 9.17) is 0 Å². The van der Waals surface area contributed by atoms with E-state index in [1.165, 1.54) is 25.7 Å². The van der Waals surface area contributed by atoms with Crippen molar-refractivity contribution in [2.45, 2.75) is 51.1 Å². The molecule has 0 atom stereocenters. The summed E-state index contributed by atoms with van der Waals surface area (Å²) in [4.78, 5) is 11.8. The summed E-state index contributed by atoms with van der Waals surface area (Å²) >= 11 is 0. The second-order valence-electron chi connectivity index (χ2n) is 5.22. The minimum atomic E-state index is -0.0745. The number of rotatable bonds is 4. The lowest BCUT2D eigenvalue weighted by Gasteiger charge is -2.25. The number of aromatic nitrogens is 3. The summed E-state index contributed by atoms with van der Waals surface area (Å²) in [6.07, 6.45) is 9.08. The van der Waals surface area contributed by atoms with Gasteiger partial charge in [0, 0.05) is 12.6 Å². The highest BCUT2D eigenvalue weighted by Gasteiger charge is 2.22.